The molecular formula is C21H37N7O7. The molecule has 10 N–H and O–H groups in total. The minimum absolute atomic E-state index is 0.0739. The molecule has 4 atom stereocenters. The quantitative estimate of drug-likeness (QED) is 0.0781. The minimum Gasteiger partial charge on any atom is -0.481 e. The number of carboxylic acid groups (broad SMARTS) is 2. The first-order valence-electron chi connectivity index (χ1n) is 11.5. The highest BCUT2D eigenvalue weighted by Gasteiger charge is 2.38. The van der Waals surface area contributed by atoms with Crippen molar-refractivity contribution >= 4 is 35.6 Å². The SMILES string of the molecule is CC(C)C(NC(=O)C(N)CCCN=C(N)N)C(=O)NC(CCC(=O)O)C(=O)N1CCCC1C(=O)O. The first-order chi connectivity index (χ1) is 16.3. The molecule has 14 heteroatoms. The summed E-state index contributed by atoms with van der Waals surface area (Å²) >= 11 is 0. The van der Waals surface area contributed by atoms with Gasteiger partial charge in [0.2, 0.25) is 17.7 Å². The Labute approximate surface area is 203 Å². The average molecular weight is 500 g/mol. The Hall–Kier alpha value is -3.42. The smallest absolute Gasteiger partial charge is 0.326 e. The molecule has 198 valence electrons. The average Bonchev–Trinajstić information content (AvgIpc) is 3.26. The fraction of sp³-hybridized carbons (Fsp3) is 0.714. The van der Waals surface area contributed by atoms with Crippen molar-refractivity contribution in [3.05, 3.63) is 0 Å². The van der Waals surface area contributed by atoms with E-state index < -0.39 is 60.2 Å². The van der Waals surface area contributed by atoms with Gasteiger partial charge in [-0.3, -0.25) is 24.2 Å². The van der Waals surface area contributed by atoms with Crippen LogP contribution in [0.25, 0.3) is 0 Å². The number of nitrogens with one attached hydrogen (secondary N) is 2. The van der Waals surface area contributed by atoms with Gasteiger partial charge in [-0.2, -0.15) is 0 Å². The van der Waals surface area contributed by atoms with Crippen LogP contribution in [0.3, 0.4) is 0 Å². The molecule has 1 fully saturated rings. The molecule has 0 aliphatic carbocycles. The summed E-state index contributed by atoms with van der Waals surface area (Å²) in [4.78, 5) is 66.1. The summed E-state index contributed by atoms with van der Waals surface area (Å²) in [7, 11) is 0. The van der Waals surface area contributed by atoms with E-state index in [2.05, 4.69) is 15.6 Å². The van der Waals surface area contributed by atoms with Crippen LogP contribution in [-0.2, 0) is 24.0 Å². The van der Waals surface area contributed by atoms with Crippen LogP contribution >= 0.6 is 0 Å². The molecule has 35 heavy (non-hydrogen) atoms. The number of carbonyl (C=O) groups excluding carboxylic acids is 3. The Morgan fingerprint density at radius 2 is 1.71 bits per heavy atom. The standard InChI is InChI=1S/C21H37N7O7/c1-11(2)16(27-17(31)12(22)5-3-9-25-21(23)24)18(32)26-13(7-8-15(29)30)19(33)28-10-4-6-14(28)20(34)35/h11-14,16H,3-10,22H2,1-2H3,(H,26,32)(H,27,31)(H,29,30)(H,34,35)(H4,23,24,25). The van der Waals surface area contributed by atoms with Crippen molar-refractivity contribution in [3.63, 3.8) is 0 Å². The van der Waals surface area contributed by atoms with Crippen molar-refractivity contribution < 1.29 is 34.2 Å². The van der Waals surface area contributed by atoms with E-state index in [1.807, 2.05) is 0 Å². The Morgan fingerprint density at radius 3 is 2.26 bits per heavy atom. The number of nitrogens with zero attached hydrogens (tertiary/aromatic N) is 2. The summed E-state index contributed by atoms with van der Waals surface area (Å²) in [5.74, 6) is -4.75. The number of amides is 3. The Bertz CT molecular complexity index is 814. The van der Waals surface area contributed by atoms with Crippen LogP contribution in [-0.4, -0.2) is 88.0 Å². The molecule has 3 amide bonds. The number of rotatable bonds is 14. The maximum Gasteiger partial charge on any atom is 0.326 e. The van der Waals surface area contributed by atoms with E-state index in [-0.39, 0.29) is 37.7 Å². The molecule has 0 aromatic rings. The molecule has 1 heterocycles. The molecular weight excluding hydrogens is 462 g/mol. The van der Waals surface area contributed by atoms with E-state index in [9.17, 15) is 29.1 Å². The third-order valence-corrected chi connectivity index (χ3v) is 5.63. The lowest BCUT2D eigenvalue weighted by atomic mass is 10.0. The third kappa shape index (κ3) is 9.76. The van der Waals surface area contributed by atoms with Crippen molar-refractivity contribution in [1.29, 1.82) is 0 Å². The number of hydrogen-bond acceptors (Lipinski definition) is 7. The normalized spacial score (nSPS) is 17.8. The maximum absolute atomic E-state index is 13.0. The monoisotopic (exact) mass is 499 g/mol. The van der Waals surface area contributed by atoms with Gasteiger partial charge < -0.3 is 42.9 Å². The van der Waals surface area contributed by atoms with Gasteiger partial charge in [0.05, 0.1) is 6.04 Å². The lowest BCUT2D eigenvalue weighted by Crippen LogP contribution is -2.58. The second-order valence-corrected chi connectivity index (χ2v) is 8.81. The highest BCUT2D eigenvalue weighted by Crippen LogP contribution is 2.20. The second kappa shape index (κ2) is 14.1. The largest absolute Gasteiger partial charge is 0.481 e. The van der Waals surface area contributed by atoms with E-state index >= 15 is 0 Å². The van der Waals surface area contributed by atoms with Crippen LogP contribution in [0.5, 0.6) is 0 Å². The zero-order valence-electron chi connectivity index (χ0n) is 20.1. The number of guanidine groups is 1. The third-order valence-electron chi connectivity index (χ3n) is 5.63. The molecule has 0 aromatic heterocycles. The molecule has 1 rings (SSSR count). The number of carbonyl (C=O) groups is 5. The molecule has 4 unspecified atom stereocenters. The van der Waals surface area contributed by atoms with Gasteiger partial charge in [-0.1, -0.05) is 13.8 Å². The summed E-state index contributed by atoms with van der Waals surface area (Å²) in [6.45, 7) is 3.85. The number of aliphatic carboxylic acids is 2. The minimum atomic E-state index is -1.26. The summed E-state index contributed by atoms with van der Waals surface area (Å²) in [6.07, 6.45) is 0.811. The van der Waals surface area contributed by atoms with Gasteiger partial charge in [0.25, 0.3) is 0 Å². The van der Waals surface area contributed by atoms with Crippen LogP contribution in [0.4, 0.5) is 0 Å². The van der Waals surface area contributed by atoms with Crippen LogP contribution in [0, 0.1) is 5.92 Å². The first kappa shape index (κ1) is 29.6. The number of aliphatic imine (C=N–C) groups is 1. The van der Waals surface area contributed by atoms with Crippen LogP contribution < -0.4 is 27.8 Å². The number of carboxylic acids is 2. The van der Waals surface area contributed by atoms with Gasteiger partial charge in [0, 0.05) is 19.5 Å². The fourth-order valence-corrected chi connectivity index (χ4v) is 3.72. The van der Waals surface area contributed by atoms with Gasteiger partial charge in [-0.05, 0) is 38.0 Å². The van der Waals surface area contributed by atoms with Crippen LogP contribution in [0.2, 0.25) is 0 Å². The molecule has 1 aliphatic rings. The number of nitrogens with two attached hydrogens (primary N) is 3. The van der Waals surface area contributed by atoms with Gasteiger partial charge in [0.15, 0.2) is 5.96 Å². The van der Waals surface area contributed by atoms with Crippen LogP contribution in [0.15, 0.2) is 4.99 Å². The molecule has 1 aliphatic heterocycles. The summed E-state index contributed by atoms with van der Waals surface area (Å²) in [5.41, 5.74) is 16.4. The van der Waals surface area contributed by atoms with Crippen molar-refractivity contribution in [2.75, 3.05) is 13.1 Å². The lowest BCUT2D eigenvalue weighted by Gasteiger charge is -2.29. The van der Waals surface area contributed by atoms with Gasteiger partial charge >= 0.3 is 11.9 Å². The predicted molar refractivity (Wildman–Crippen MR) is 126 cm³/mol. The second-order valence-electron chi connectivity index (χ2n) is 8.81. The molecule has 0 radical (unpaired) electrons. The van der Waals surface area contributed by atoms with Crippen molar-refractivity contribution in [2.24, 2.45) is 28.1 Å². The molecule has 14 nitrogen and oxygen atoms in total. The van der Waals surface area contributed by atoms with Crippen molar-refractivity contribution in [1.82, 2.24) is 15.5 Å². The predicted octanol–water partition coefficient (Wildman–Crippen LogP) is -2.07. The van der Waals surface area contributed by atoms with E-state index in [0.29, 0.717) is 19.4 Å². The lowest BCUT2D eigenvalue weighted by molar-refractivity contribution is -0.150. The zero-order valence-corrected chi connectivity index (χ0v) is 20.1. The van der Waals surface area contributed by atoms with E-state index in [1.165, 1.54) is 0 Å². The Kier molecular flexibility index (Phi) is 11.9. The summed E-state index contributed by atoms with van der Waals surface area (Å²) < 4.78 is 0. The van der Waals surface area contributed by atoms with Crippen molar-refractivity contribution in [3.8, 4) is 0 Å². The summed E-state index contributed by atoms with van der Waals surface area (Å²) in [6, 6.07) is -4.28. The zero-order chi connectivity index (χ0) is 26.7. The molecule has 0 spiro atoms. The van der Waals surface area contributed by atoms with Crippen molar-refractivity contribution in [2.45, 2.75) is 76.5 Å². The summed E-state index contributed by atoms with van der Waals surface area (Å²) in [5, 5.41) is 23.5. The highest BCUT2D eigenvalue weighted by molar-refractivity contribution is 5.94. The van der Waals surface area contributed by atoms with E-state index in [4.69, 9.17) is 22.3 Å². The molecule has 0 saturated carbocycles. The molecule has 1 saturated heterocycles. The molecule has 0 bridgehead atoms. The van der Waals surface area contributed by atoms with Gasteiger partial charge in [-0.25, -0.2) is 4.79 Å². The van der Waals surface area contributed by atoms with E-state index in [0.717, 1.165) is 4.90 Å². The topological polar surface area (TPSA) is 244 Å². The number of likely N-dealkylation sites (tertiary alicyclic amines) is 1. The maximum atomic E-state index is 13.0. The van der Waals surface area contributed by atoms with Gasteiger partial charge in [0.1, 0.15) is 18.1 Å². The first-order valence-corrected chi connectivity index (χ1v) is 11.5. The highest BCUT2D eigenvalue weighted by atomic mass is 16.4. The fourth-order valence-electron chi connectivity index (χ4n) is 3.72. The van der Waals surface area contributed by atoms with Gasteiger partial charge in [-0.15, -0.1) is 0 Å². The Balaban J connectivity index is 2.89. The number of hydrogen-bond donors (Lipinski definition) is 7. The van der Waals surface area contributed by atoms with E-state index in [1.54, 1.807) is 13.8 Å². The van der Waals surface area contributed by atoms with Crippen LogP contribution in [0.1, 0.15) is 52.4 Å². The Morgan fingerprint density at radius 1 is 1.06 bits per heavy atom. The molecule has 0 aromatic carbocycles.